The highest BCUT2D eigenvalue weighted by atomic mass is 32.2. The molecule has 0 radical (unpaired) electrons. The van der Waals surface area contributed by atoms with Gasteiger partial charge in [-0.1, -0.05) is 6.07 Å². The molecule has 1 unspecified atom stereocenters. The average molecular weight is 311 g/mol. The molecule has 0 spiro atoms. The zero-order valence-electron chi connectivity index (χ0n) is 13.0. The lowest BCUT2D eigenvalue weighted by molar-refractivity contribution is 0.265. The van der Waals surface area contributed by atoms with E-state index in [2.05, 4.69) is 23.5 Å². The van der Waals surface area contributed by atoms with Gasteiger partial charge in [-0.2, -0.15) is 0 Å². The summed E-state index contributed by atoms with van der Waals surface area (Å²) in [6.45, 7) is 8.56. The molecule has 1 aromatic rings. The highest BCUT2D eigenvalue weighted by Crippen LogP contribution is 2.22. The molecule has 1 atom stereocenters. The molecule has 0 aromatic heterocycles. The Morgan fingerprint density at radius 2 is 2.14 bits per heavy atom. The number of hydrogen-bond donors (Lipinski definition) is 2. The first kappa shape index (κ1) is 16.3. The summed E-state index contributed by atoms with van der Waals surface area (Å²) in [5.74, 6) is 0.378. The van der Waals surface area contributed by atoms with Crippen LogP contribution in [-0.2, 0) is 10.0 Å². The molecule has 1 saturated heterocycles. The second-order valence-corrected chi connectivity index (χ2v) is 7.80. The van der Waals surface area contributed by atoms with E-state index in [9.17, 15) is 8.42 Å². The highest BCUT2D eigenvalue weighted by Gasteiger charge is 2.26. The molecule has 0 bridgehead atoms. The quantitative estimate of drug-likeness (QED) is 0.810. The van der Waals surface area contributed by atoms with Gasteiger partial charge < -0.3 is 10.6 Å². The molecule has 0 saturated carbocycles. The summed E-state index contributed by atoms with van der Waals surface area (Å²) in [7, 11) is -3.49. The number of nitrogens with zero attached hydrogens (tertiary/aromatic N) is 1. The van der Waals surface area contributed by atoms with Crippen molar-refractivity contribution in [1.29, 1.82) is 0 Å². The normalized spacial score (nSPS) is 20.3. The Bertz CT molecular complexity index is 599. The molecule has 1 aliphatic rings. The standard InChI is InChI=1S/C15H25N3O2S/c1-11(2)18-8-7-13(10-18)9-17-21(19,20)15-6-4-5-14(16)12(15)3/h4-6,11,13,17H,7-10,16H2,1-3H3. The van der Waals surface area contributed by atoms with Gasteiger partial charge in [-0.15, -0.1) is 0 Å². The van der Waals surface area contributed by atoms with Gasteiger partial charge in [0.25, 0.3) is 0 Å². The maximum Gasteiger partial charge on any atom is 0.240 e. The van der Waals surface area contributed by atoms with Crippen LogP contribution in [0.3, 0.4) is 0 Å². The third-order valence-electron chi connectivity index (χ3n) is 4.23. The fourth-order valence-electron chi connectivity index (χ4n) is 2.73. The van der Waals surface area contributed by atoms with Gasteiger partial charge in [0.15, 0.2) is 0 Å². The average Bonchev–Trinajstić information content (AvgIpc) is 2.88. The second-order valence-electron chi connectivity index (χ2n) is 6.07. The Labute approximate surface area is 127 Å². The van der Waals surface area contributed by atoms with Crippen molar-refractivity contribution >= 4 is 15.7 Å². The highest BCUT2D eigenvalue weighted by molar-refractivity contribution is 7.89. The Kier molecular flexibility index (Phi) is 4.91. The number of sulfonamides is 1. The molecule has 0 aliphatic carbocycles. The number of hydrogen-bond acceptors (Lipinski definition) is 4. The molecule has 3 N–H and O–H groups in total. The first-order valence-corrected chi connectivity index (χ1v) is 8.88. The van der Waals surface area contributed by atoms with Gasteiger partial charge in [-0.25, -0.2) is 13.1 Å². The van der Waals surface area contributed by atoms with Crippen molar-refractivity contribution in [2.45, 2.75) is 38.1 Å². The smallest absolute Gasteiger partial charge is 0.240 e. The zero-order valence-corrected chi connectivity index (χ0v) is 13.8. The number of nitrogens with one attached hydrogen (secondary N) is 1. The van der Waals surface area contributed by atoms with Crippen molar-refractivity contribution in [3.05, 3.63) is 23.8 Å². The van der Waals surface area contributed by atoms with Crippen LogP contribution in [0, 0.1) is 12.8 Å². The molecule has 21 heavy (non-hydrogen) atoms. The third kappa shape index (κ3) is 3.75. The summed E-state index contributed by atoms with van der Waals surface area (Å²) in [6, 6.07) is 5.50. The van der Waals surface area contributed by atoms with E-state index in [1.165, 1.54) is 0 Å². The van der Waals surface area contributed by atoms with Crippen molar-refractivity contribution in [2.75, 3.05) is 25.4 Å². The van der Waals surface area contributed by atoms with Gasteiger partial charge in [-0.05, 0) is 57.4 Å². The van der Waals surface area contributed by atoms with Crippen molar-refractivity contribution in [1.82, 2.24) is 9.62 Å². The number of anilines is 1. The lowest BCUT2D eigenvalue weighted by Gasteiger charge is -2.20. The summed E-state index contributed by atoms with van der Waals surface area (Å²) in [6.07, 6.45) is 1.04. The van der Waals surface area contributed by atoms with Crippen molar-refractivity contribution in [2.24, 2.45) is 5.92 Å². The van der Waals surface area contributed by atoms with Crippen molar-refractivity contribution < 1.29 is 8.42 Å². The van der Waals surface area contributed by atoms with Crippen LogP contribution in [-0.4, -0.2) is 39.0 Å². The van der Waals surface area contributed by atoms with E-state index in [4.69, 9.17) is 5.73 Å². The van der Waals surface area contributed by atoms with E-state index in [1.807, 2.05) is 0 Å². The van der Waals surface area contributed by atoms with E-state index >= 15 is 0 Å². The van der Waals surface area contributed by atoms with Crippen LogP contribution in [0.5, 0.6) is 0 Å². The van der Waals surface area contributed by atoms with Crippen LogP contribution in [0.4, 0.5) is 5.69 Å². The van der Waals surface area contributed by atoms with Gasteiger partial charge in [0.1, 0.15) is 0 Å². The van der Waals surface area contributed by atoms with Gasteiger partial charge in [0, 0.05) is 24.8 Å². The zero-order chi connectivity index (χ0) is 15.6. The van der Waals surface area contributed by atoms with Crippen LogP contribution in [0.15, 0.2) is 23.1 Å². The summed E-state index contributed by atoms with van der Waals surface area (Å²) in [5.41, 5.74) is 6.90. The summed E-state index contributed by atoms with van der Waals surface area (Å²) in [5, 5.41) is 0. The van der Waals surface area contributed by atoms with Crippen LogP contribution in [0.25, 0.3) is 0 Å². The van der Waals surface area contributed by atoms with E-state index in [-0.39, 0.29) is 4.90 Å². The molecule has 1 aromatic carbocycles. The largest absolute Gasteiger partial charge is 0.398 e. The number of benzene rings is 1. The fourth-order valence-corrected chi connectivity index (χ4v) is 4.12. The maximum absolute atomic E-state index is 12.4. The Balaban J connectivity index is 2.01. The number of nitrogen functional groups attached to an aromatic ring is 1. The Hall–Kier alpha value is -1.11. The second kappa shape index (κ2) is 6.34. The third-order valence-corrected chi connectivity index (χ3v) is 5.79. The SMILES string of the molecule is Cc1c(N)cccc1S(=O)(=O)NCC1CCN(C(C)C)C1. The molecule has 118 valence electrons. The maximum atomic E-state index is 12.4. The predicted molar refractivity (Wildman–Crippen MR) is 85.6 cm³/mol. The van der Waals surface area contributed by atoms with E-state index in [0.717, 1.165) is 19.5 Å². The molecule has 1 fully saturated rings. The van der Waals surface area contributed by atoms with Crippen LogP contribution >= 0.6 is 0 Å². The summed E-state index contributed by atoms with van der Waals surface area (Å²) >= 11 is 0. The minimum atomic E-state index is -3.49. The fraction of sp³-hybridized carbons (Fsp3) is 0.600. The minimum absolute atomic E-state index is 0.279. The molecular formula is C15H25N3O2S. The van der Waals surface area contributed by atoms with Gasteiger partial charge in [0.2, 0.25) is 10.0 Å². The van der Waals surface area contributed by atoms with Gasteiger partial charge >= 0.3 is 0 Å². The molecule has 2 rings (SSSR count). The number of likely N-dealkylation sites (tertiary alicyclic amines) is 1. The van der Waals surface area contributed by atoms with Gasteiger partial charge in [-0.3, -0.25) is 0 Å². The lowest BCUT2D eigenvalue weighted by Crippen LogP contribution is -2.33. The van der Waals surface area contributed by atoms with E-state index in [0.29, 0.717) is 29.8 Å². The number of rotatable bonds is 5. The summed E-state index contributed by atoms with van der Waals surface area (Å²) < 4.78 is 27.5. The monoisotopic (exact) mass is 311 g/mol. The molecule has 0 amide bonds. The molecule has 5 nitrogen and oxygen atoms in total. The molecule has 1 heterocycles. The lowest BCUT2D eigenvalue weighted by atomic mass is 10.1. The molecule has 6 heteroatoms. The predicted octanol–water partition coefficient (Wildman–Crippen LogP) is 1.59. The Morgan fingerprint density at radius 3 is 2.76 bits per heavy atom. The van der Waals surface area contributed by atoms with Gasteiger partial charge in [0.05, 0.1) is 4.90 Å². The van der Waals surface area contributed by atoms with E-state index in [1.54, 1.807) is 25.1 Å². The molecule has 1 aliphatic heterocycles. The topological polar surface area (TPSA) is 75.4 Å². The Morgan fingerprint density at radius 1 is 1.43 bits per heavy atom. The first-order valence-electron chi connectivity index (χ1n) is 7.40. The van der Waals surface area contributed by atoms with E-state index < -0.39 is 10.0 Å². The van der Waals surface area contributed by atoms with Crippen LogP contribution in [0.1, 0.15) is 25.8 Å². The van der Waals surface area contributed by atoms with Crippen LogP contribution in [0.2, 0.25) is 0 Å². The van der Waals surface area contributed by atoms with Crippen molar-refractivity contribution in [3.8, 4) is 0 Å². The molecular weight excluding hydrogens is 286 g/mol. The first-order chi connectivity index (χ1) is 9.81. The van der Waals surface area contributed by atoms with Crippen molar-refractivity contribution in [3.63, 3.8) is 0 Å². The summed E-state index contributed by atoms with van der Waals surface area (Å²) in [4.78, 5) is 2.66. The van der Waals surface area contributed by atoms with Crippen LogP contribution < -0.4 is 10.5 Å². The number of nitrogens with two attached hydrogens (primary N) is 1. The minimum Gasteiger partial charge on any atom is -0.398 e.